The quantitative estimate of drug-likeness (QED) is 0.648. The number of carbonyl (C=O) groups excluding carboxylic acids is 1. The van der Waals surface area contributed by atoms with Crippen molar-refractivity contribution in [3.63, 3.8) is 0 Å². The summed E-state index contributed by atoms with van der Waals surface area (Å²) in [4.78, 5) is 12.9. The third-order valence-electron chi connectivity index (χ3n) is 7.15. The van der Waals surface area contributed by atoms with Crippen LogP contribution in [0.15, 0.2) is 0 Å². The van der Waals surface area contributed by atoms with Crippen molar-refractivity contribution in [2.75, 3.05) is 0 Å². The van der Waals surface area contributed by atoms with E-state index in [1.165, 1.54) is 45.4 Å². The monoisotopic (exact) mass is 322 g/mol. The van der Waals surface area contributed by atoms with Gasteiger partial charge in [0.05, 0.1) is 5.41 Å². The molecule has 5 rings (SSSR count). The van der Waals surface area contributed by atoms with Gasteiger partial charge >= 0.3 is 5.97 Å². The lowest BCUT2D eigenvalue weighted by Gasteiger charge is -2.55. The van der Waals surface area contributed by atoms with E-state index < -0.39 is 5.85 Å². The minimum absolute atomic E-state index is 0.211. The number of rotatable bonds is 4. The van der Waals surface area contributed by atoms with Crippen molar-refractivity contribution in [2.45, 2.75) is 89.8 Å². The van der Waals surface area contributed by atoms with Crippen molar-refractivity contribution in [2.24, 2.45) is 29.1 Å². The van der Waals surface area contributed by atoms with Gasteiger partial charge in [0, 0.05) is 13.3 Å². The highest BCUT2D eigenvalue weighted by Crippen LogP contribution is 2.60. The molecule has 0 aliphatic heterocycles. The normalized spacial score (nSPS) is 42.4. The van der Waals surface area contributed by atoms with Crippen LogP contribution in [0.25, 0.3) is 0 Å². The number of alkyl halides is 1. The first kappa shape index (κ1) is 15.9. The molecule has 5 aliphatic rings. The lowest BCUT2D eigenvalue weighted by Crippen LogP contribution is -2.52. The Morgan fingerprint density at radius 3 is 2.09 bits per heavy atom. The SMILES string of the molecule is CC(F)(CC1CCCCC1)OC(=O)C12CC3CC(CC(C3)C1)C2. The fraction of sp³-hybridized carbons (Fsp3) is 0.950. The van der Waals surface area contributed by atoms with Crippen molar-refractivity contribution in [1.29, 1.82) is 0 Å². The summed E-state index contributed by atoms with van der Waals surface area (Å²) in [6, 6.07) is 0. The highest BCUT2D eigenvalue weighted by Gasteiger charge is 2.56. The maximum atomic E-state index is 15.0. The fourth-order valence-electron chi connectivity index (χ4n) is 6.61. The minimum atomic E-state index is -1.78. The Morgan fingerprint density at radius 1 is 1.04 bits per heavy atom. The molecule has 0 N–H and O–H groups in total. The second-order valence-electron chi connectivity index (χ2n) is 9.40. The van der Waals surface area contributed by atoms with E-state index in [0.717, 1.165) is 32.1 Å². The zero-order valence-electron chi connectivity index (χ0n) is 14.5. The predicted molar refractivity (Wildman–Crippen MR) is 87.4 cm³/mol. The molecule has 4 bridgehead atoms. The number of hydrogen-bond acceptors (Lipinski definition) is 2. The summed E-state index contributed by atoms with van der Waals surface area (Å²) in [5.74, 6) is 0.483. The Bertz CT molecular complexity index is 429. The van der Waals surface area contributed by atoms with Crippen LogP contribution in [-0.4, -0.2) is 11.8 Å². The van der Waals surface area contributed by atoms with Gasteiger partial charge in [-0.15, -0.1) is 0 Å². The van der Waals surface area contributed by atoms with Gasteiger partial charge in [-0.2, -0.15) is 4.39 Å². The molecule has 0 aromatic heterocycles. The van der Waals surface area contributed by atoms with Gasteiger partial charge in [0.2, 0.25) is 5.85 Å². The van der Waals surface area contributed by atoms with Crippen molar-refractivity contribution >= 4 is 5.97 Å². The molecule has 3 heteroatoms. The fourth-order valence-corrected chi connectivity index (χ4v) is 6.61. The summed E-state index contributed by atoms with van der Waals surface area (Å²) in [7, 11) is 0. The molecule has 5 saturated carbocycles. The third-order valence-corrected chi connectivity index (χ3v) is 7.15. The van der Waals surface area contributed by atoms with E-state index in [-0.39, 0.29) is 11.4 Å². The van der Waals surface area contributed by atoms with Gasteiger partial charge < -0.3 is 4.74 Å². The van der Waals surface area contributed by atoms with Crippen LogP contribution in [0.2, 0.25) is 0 Å². The van der Waals surface area contributed by atoms with Gasteiger partial charge in [-0.3, -0.25) is 4.79 Å². The number of carbonyl (C=O) groups is 1. The van der Waals surface area contributed by atoms with E-state index in [0.29, 0.717) is 30.1 Å². The third kappa shape index (κ3) is 3.17. The Hall–Kier alpha value is -0.600. The van der Waals surface area contributed by atoms with E-state index in [1.54, 1.807) is 0 Å². The lowest BCUT2D eigenvalue weighted by atomic mass is 9.49. The van der Waals surface area contributed by atoms with E-state index >= 15 is 0 Å². The van der Waals surface area contributed by atoms with Gasteiger partial charge in [0.25, 0.3) is 0 Å². The van der Waals surface area contributed by atoms with Crippen LogP contribution in [0.3, 0.4) is 0 Å². The molecule has 0 aromatic carbocycles. The summed E-state index contributed by atoms with van der Waals surface area (Å²) in [5.41, 5.74) is -0.339. The summed E-state index contributed by atoms with van der Waals surface area (Å²) in [6.07, 6.45) is 13.0. The molecule has 23 heavy (non-hydrogen) atoms. The Kier molecular flexibility index (Phi) is 3.97. The topological polar surface area (TPSA) is 26.3 Å². The zero-order valence-corrected chi connectivity index (χ0v) is 14.5. The molecule has 0 saturated heterocycles. The maximum Gasteiger partial charge on any atom is 0.314 e. The molecule has 1 unspecified atom stereocenters. The molecule has 0 heterocycles. The smallest absolute Gasteiger partial charge is 0.314 e. The van der Waals surface area contributed by atoms with Crippen LogP contribution < -0.4 is 0 Å². The molecule has 2 nitrogen and oxygen atoms in total. The van der Waals surface area contributed by atoms with Gasteiger partial charge in [-0.1, -0.05) is 32.1 Å². The van der Waals surface area contributed by atoms with E-state index in [2.05, 4.69) is 0 Å². The average Bonchev–Trinajstić information content (AvgIpc) is 2.45. The highest BCUT2D eigenvalue weighted by atomic mass is 19.2. The number of hydrogen-bond donors (Lipinski definition) is 0. The minimum Gasteiger partial charge on any atom is -0.428 e. The van der Waals surface area contributed by atoms with Crippen LogP contribution in [0.4, 0.5) is 4.39 Å². The molecule has 0 spiro atoms. The number of esters is 1. The van der Waals surface area contributed by atoms with E-state index in [9.17, 15) is 9.18 Å². The van der Waals surface area contributed by atoms with E-state index in [1.807, 2.05) is 0 Å². The Labute approximate surface area is 139 Å². The standard InChI is InChI=1S/C20H31FO2/c1-19(21,10-14-5-3-2-4-6-14)23-18(22)20-11-15-7-16(12-20)9-17(8-15)13-20/h14-17H,2-13H2,1H3. The largest absolute Gasteiger partial charge is 0.428 e. The second-order valence-corrected chi connectivity index (χ2v) is 9.40. The molecular formula is C20H31FO2. The van der Waals surface area contributed by atoms with Gasteiger partial charge in [-0.05, 0) is 62.2 Å². The lowest BCUT2D eigenvalue weighted by molar-refractivity contribution is -0.206. The summed E-state index contributed by atoms with van der Waals surface area (Å²) < 4.78 is 20.5. The molecular weight excluding hydrogens is 291 g/mol. The highest BCUT2D eigenvalue weighted by molar-refractivity contribution is 5.78. The van der Waals surface area contributed by atoms with Crippen molar-refractivity contribution in [1.82, 2.24) is 0 Å². The van der Waals surface area contributed by atoms with Crippen LogP contribution in [0.5, 0.6) is 0 Å². The number of ether oxygens (including phenoxy) is 1. The Morgan fingerprint density at radius 2 is 1.57 bits per heavy atom. The van der Waals surface area contributed by atoms with Crippen LogP contribution >= 0.6 is 0 Å². The Balaban J connectivity index is 1.40. The molecule has 1 atom stereocenters. The first-order chi connectivity index (χ1) is 10.9. The molecule has 130 valence electrons. The van der Waals surface area contributed by atoms with E-state index in [4.69, 9.17) is 4.74 Å². The molecule has 0 aromatic rings. The zero-order chi connectivity index (χ0) is 16.1. The first-order valence-electron chi connectivity index (χ1n) is 9.86. The summed E-state index contributed by atoms with van der Waals surface area (Å²) >= 11 is 0. The van der Waals surface area contributed by atoms with Crippen LogP contribution in [0, 0.1) is 29.1 Å². The first-order valence-corrected chi connectivity index (χ1v) is 9.86. The molecule has 0 radical (unpaired) electrons. The molecule has 5 fully saturated rings. The molecule has 5 aliphatic carbocycles. The number of halogens is 1. The van der Waals surface area contributed by atoms with Crippen LogP contribution in [-0.2, 0) is 9.53 Å². The van der Waals surface area contributed by atoms with Crippen molar-refractivity contribution in [3.05, 3.63) is 0 Å². The van der Waals surface area contributed by atoms with Crippen LogP contribution in [0.1, 0.15) is 84.0 Å². The van der Waals surface area contributed by atoms with Crippen molar-refractivity contribution < 1.29 is 13.9 Å². The maximum absolute atomic E-state index is 15.0. The summed E-state index contributed by atoms with van der Waals surface area (Å²) in [5, 5.41) is 0. The molecule has 0 amide bonds. The van der Waals surface area contributed by atoms with Crippen molar-refractivity contribution in [3.8, 4) is 0 Å². The van der Waals surface area contributed by atoms with Gasteiger partial charge in [0.15, 0.2) is 0 Å². The summed E-state index contributed by atoms with van der Waals surface area (Å²) in [6.45, 7) is 1.49. The predicted octanol–water partition coefficient (Wildman–Crippen LogP) is 5.40. The van der Waals surface area contributed by atoms with Gasteiger partial charge in [0.1, 0.15) is 0 Å². The average molecular weight is 322 g/mol. The van der Waals surface area contributed by atoms with Gasteiger partial charge in [-0.25, -0.2) is 0 Å². The second kappa shape index (κ2) is 5.74.